The first kappa shape index (κ1) is 22.7. The Bertz CT molecular complexity index is 391. The highest BCUT2D eigenvalue weighted by Crippen LogP contribution is 2.19. The molecule has 6 heteroatoms. The molecule has 1 aromatic carbocycles. The largest absolute Gasteiger partial charge is 0.493 e. The highest BCUT2D eigenvalue weighted by Gasteiger charge is 1.99. The van der Waals surface area contributed by atoms with E-state index in [9.17, 15) is 0 Å². The fraction of sp³-hybridized carbons (Fsp3) is 0.700. The first-order chi connectivity index (χ1) is 12.9. The number of benzene rings is 1. The van der Waals surface area contributed by atoms with Crippen LogP contribution < -0.4 is 9.47 Å². The van der Waals surface area contributed by atoms with Crippen LogP contribution in [-0.4, -0.2) is 63.1 Å². The lowest BCUT2D eigenvalue weighted by Gasteiger charge is -2.10. The van der Waals surface area contributed by atoms with Crippen LogP contribution in [0.2, 0.25) is 0 Å². The fourth-order valence-corrected chi connectivity index (χ4v) is 2.37. The Morgan fingerprint density at radius 3 is 1.85 bits per heavy atom. The van der Waals surface area contributed by atoms with Gasteiger partial charge in [0.25, 0.3) is 0 Å². The van der Waals surface area contributed by atoms with Crippen molar-refractivity contribution in [3.05, 3.63) is 24.3 Å². The van der Waals surface area contributed by atoms with Crippen molar-refractivity contribution in [3.63, 3.8) is 0 Å². The Morgan fingerprint density at radius 1 is 0.577 bits per heavy atom. The van der Waals surface area contributed by atoms with Crippen LogP contribution in [0.25, 0.3) is 0 Å². The standard InChI is InChI=1S/C20H34O6/c21-10-5-3-1-2-4-6-12-25-19-8-7-9-20(18-19)26-17-16-24-15-14-23-13-11-22/h7-9,18,21-22H,1-6,10-17H2. The number of unbranched alkanes of at least 4 members (excludes halogenated alkanes) is 5. The van der Waals surface area contributed by atoms with Gasteiger partial charge in [0.15, 0.2) is 0 Å². The molecule has 0 aliphatic carbocycles. The molecule has 1 rings (SSSR count). The topological polar surface area (TPSA) is 77.4 Å². The first-order valence-electron chi connectivity index (χ1n) is 9.59. The van der Waals surface area contributed by atoms with E-state index in [0.717, 1.165) is 37.2 Å². The highest BCUT2D eigenvalue weighted by atomic mass is 16.5. The van der Waals surface area contributed by atoms with Crippen LogP contribution in [0, 0.1) is 0 Å². The van der Waals surface area contributed by atoms with Gasteiger partial charge in [-0.2, -0.15) is 0 Å². The zero-order chi connectivity index (χ0) is 18.7. The first-order valence-corrected chi connectivity index (χ1v) is 9.59. The lowest BCUT2D eigenvalue weighted by Crippen LogP contribution is -2.12. The molecule has 0 aromatic heterocycles. The highest BCUT2D eigenvalue weighted by molar-refractivity contribution is 5.32. The molecule has 0 radical (unpaired) electrons. The lowest BCUT2D eigenvalue weighted by atomic mass is 10.1. The number of hydrogen-bond donors (Lipinski definition) is 2. The summed E-state index contributed by atoms with van der Waals surface area (Å²) in [6.07, 6.45) is 6.58. The van der Waals surface area contributed by atoms with Gasteiger partial charge in [0.1, 0.15) is 18.1 Å². The van der Waals surface area contributed by atoms with Gasteiger partial charge in [-0.05, 0) is 25.0 Å². The van der Waals surface area contributed by atoms with E-state index >= 15 is 0 Å². The van der Waals surface area contributed by atoms with E-state index in [2.05, 4.69) is 0 Å². The van der Waals surface area contributed by atoms with Crippen LogP contribution in [0.15, 0.2) is 24.3 Å². The van der Waals surface area contributed by atoms with Gasteiger partial charge in [0, 0.05) is 12.7 Å². The molecule has 0 aliphatic heterocycles. The number of ether oxygens (including phenoxy) is 4. The van der Waals surface area contributed by atoms with Gasteiger partial charge >= 0.3 is 0 Å². The van der Waals surface area contributed by atoms with Crippen molar-refractivity contribution in [1.82, 2.24) is 0 Å². The minimum atomic E-state index is 0.0339. The van der Waals surface area contributed by atoms with Crippen molar-refractivity contribution in [3.8, 4) is 11.5 Å². The average molecular weight is 370 g/mol. The van der Waals surface area contributed by atoms with Crippen LogP contribution in [-0.2, 0) is 9.47 Å². The molecular formula is C20H34O6. The molecule has 0 fully saturated rings. The van der Waals surface area contributed by atoms with Crippen LogP contribution in [0.3, 0.4) is 0 Å². The zero-order valence-corrected chi connectivity index (χ0v) is 15.7. The quantitative estimate of drug-likeness (QED) is 0.387. The molecule has 0 saturated heterocycles. The number of aliphatic hydroxyl groups is 2. The van der Waals surface area contributed by atoms with E-state index in [0.29, 0.717) is 46.2 Å². The molecule has 2 N–H and O–H groups in total. The second kappa shape index (κ2) is 17.1. The Morgan fingerprint density at radius 2 is 1.15 bits per heavy atom. The van der Waals surface area contributed by atoms with Crippen molar-refractivity contribution in [1.29, 1.82) is 0 Å². The van der Waals surface area contributed by atoms with Crippen molar-refractivity contribution in [2.75, 3.05) is 52.9 Å². The van der Waals surface area contributed by atoms with Crippen molar-refractivity contribution >= 4 is 0 Å². The second-order valence-corrected chi connectivity index (χ2v) is 5.97. The van der Waals surface area contributed by atoms with Gasteiger partial charge in [-0.1, -0.05) is 31.7 Å². The summed E-state index contributed by atoms with van der Waals surface area (Å²) in [7, 11) is 0. The molecule has 0 saturated carbocycles. The summed E-state index contributed by atoms with van der Waals surface area (Å²) in [6.45, 7) is 3.31. The molecule has 0 aliphatic rings. The third-order valence-electron chi connectivity index (χ3n) is 3.73. The third-order valence-corrected chi connectivity index (χ3v) is 3.73. The van der Waals surface area contributed by atoms with Gasteiger partial charge < -0.3 is 29.2 Å². The van der Waals surface area contributed by atoms with Crippen molar-refractivity contribution < 1.29 is 29.2 Å². The zero-order valence-electron chi connectivity index (χ0n) is 15.7. The summed E-state index contributed by atoms with van der Waals surface area (Å²) >= 11 is 0. The van der Waals surface area contributed by atoms with Gasteiger partial charge in [-0.3, -0.25) is 0 Å². The Balaban J connectivity index is 2.03. The SMILES string of the molecule is OCCCCCCCCOc1cccc(OCCOCCOCCO)c1. The van der Waals surface area contributed by atoms with E-state index in [4.69, 9.17) is 29.2 Å². The molecule has 6 nitrogen and oxygen atoms in total. The number of rotatable bonds is 18. The normalized spacial score (nSPS) is 10.8. The summed E-state index contributed by atoms with van der Waals surface area (Å²) < 4.78 is 21.9. The third kappa shape index (κ3) is 12.9. The van der Waals surface area contributed by atoms with Gasteiger partial charge in [0.05, 0.1) is 39.6 Å². The fourth-order valence-electron chi connectivity index (χ4n) is 2.37. The molecule has 26 heavy (non-hydrogen) atoms. The van der Waals surface area contributed by atoms with E-state index in [1.165, 1.54) is 12.8 Å². The Hall–Kier alpha value is -1.34. The minimum absolute atomic E-state index is 0.0339. The van der Waals surface area contributed by atoms with E-state index < -0.39 is 0 Å². The molecule has 0 atom stereocenters. The molecule has 0 heterocycles. The summed E-state index contributed by atoms with van der Waals surface area (Å²) in [5.41, 5.74) is 0. The van der Waals surface area contributed by atoms with Gasteiger partial charge in [-0.25, -0.2) is 0 Å². The summed E-state index contributed by atoms with van der Waals surface area (Å²) in [4.78, 5) is 0. The van der Waals surface area contributed by atoms with Crippen molar-refractivity contribution in [2.24, 2.45) is 0 Å². The van der Waals surface area contributed by atoms with E-state index in [1.807, 2.05) is 24.3 Å². The predicted octanol–water partition coefficient (Wildman–Crippen LogP) is 2.80. The maximum absolute atomic E-state index is 8.73. The van der Waals surface area contributed by atoms with Crippen molar-refractivity contribution in [2.45, 2.75) is 38.5 Å². The maximum atomic E-state index is 8.73. The maximum Gasteiger partial charge on any atom is 0.123 e. The average Bonchev–Trinajstić information content (AvgIpc) is 2.66. The molecule has 0 amide bonds. The summed E-state index contributed by atoms with van der Waals surface area (Å²) in [5, 5.41) is 17.3. The smallest absolute Gasteiger partial charge is 0.123 e. The minimum Gasteiger partial charge on any atom is -0.493 e. The molecule has 0 spiro atoms. The second-order valence-electron chi connectivity index (χ2n) is 5.97. The monoisotopic (exact) mass is 370 g/mol. The van der Waals surface area contributed by atoms with E-state index in [1.54, 1.807) is 0 Å². The van der Waals surface area contributed by atoms with Crippen LogP contribution in [0.1, 0.15) is 38.5 Å². The predicted molar refractivity (Wildman–Crippen MR) is 101 cm³/mol. The Labute approximate surface area is 157 Å². The summed E-state index contributed by atoms with van der Waals surface area (Å²) in [5.74, 6) is 1.59. The number of aliphatic hydroxyl groups excluding tert-OH is 2. The lowest BCUT2D eigenvalue weighted by molar-refractivity contribution is 0.0247. The molecular weight excluding hydrogens is 336 g/mol. The molecule has 0 bridgehead atoms. The molecule has 0 unspecified atom stereocenters. The number of hydrogen-bond acceptors (Lipinski definition) is 6. The van der Waals surface area contributed by atoms with E-state index in [-0.39, 0.29) is 6.61 Å². The Kier molecular flexibility index (Phi) is 14.9. The molecule has 1 aromatic rings. The van der Waals surface area contributed by atoms with Gasteiger partial charge in [-0.15, -0.1) is 0 Å². The van der Waals surface area contributed by atoms with Crippen LogP contribution in [0.4, 0.5) is 0 Å². The molecule has 150 valence electrons. The van der Waals surface area contributed by atoms with Crippen LogP contribution in [0.5, 0.6) is 11.5 Å². The van der Waals surface area contributed by atoms with Crippen LogP contribution >= 0.6 is 0 Å². The van der Waals surface area contributed by atoms with Gasteiger partial charge in [0.2, 0.25) is 0 Å². The summed E-state index contributed by atoms with van der Waals surface area (Å²) in [6, 6.07) is 7.65.